The van der Waals surface area contributed by atoms with Gasteiger partial charge < -0.3 is 15.8 Å². The molecule has 5 heteroatoms. The van der Waals surface area contributed by atoms with Crippen LogP contribution < -0.4 is 15.8 Å². The van der Waals surface area contributed by atoms with E-state index in [0.717, 1.165) is 12.2 Å². The van der Waals surface area contributed by atoms with Crippen LogP contribution in [0.4, 0.5) is 0 Å². The molecule has 0 fully saturated rings. The van der Waals surface area contributed by atoms with Crippen molar-refractivity contribution in [3.63, 3.8) is 0 Å². The first-order chi connectivity index (χ1) is 10.1. The number of benzene rings is 1. The number of pyridine rings is 1. The zero-order valence-corrected chi connectivity index (χ0v) is 12.2. The number of hydrogen-bond acceptors (Lipinski definition) is 4. The molecule has 0 aliphatic rings. The molecular formula is C16H19N3O2. The monoisotopic (exact) mass is 285 g/mol. The van der Waals surface area contributed by atoms with Gasteiger partial charge in [0, 0.05) is 6.04 Å². The second-order valence-electron chi connectivity index (χ2n) is 4.66. The van der Waals surface area contributed by atoms with Crippen LogP contribution in [-0.2, 0) is 0 Å². The van der Waals surface area contributed by atoms with Gasteiger partial charge in [-0.05, 0) is 37.7 Å². The fourth-order valence-electron chi connectivity index (χ4n) is 2.01. The maximum absolute atomic E-state index is 11.3. The van der Waals surface area contributed by atoms with Crippen molar-refractivity contribution in [3.8, 4) is 11.5 Å². The van der Waals surface area contributed by atoms with Gasteiger partial charge in [0.05, 0.1) is 17.5 Å². The van der Waals surface area contributed by atoms with Crippen LogP contribution >= 0.6 is 0 Å². The number of para-hydroxylation sites is 1. The minimum absolute atomic E-state index is 0.182. The van der Waals surface area contributed by atoms with Gasteiger partial charge in [-0.15, -0.1) is 0 Å². The molecule has 1 heterocycles. The lowest BCUT2D eigenvalue weighted by Crippen LogP contribution is -2.18. The predicted octanol–water partition coefficient (Wildman–Crippen LogP) is 2.64. The highest BCUT2D eigenvalue weighted by molar-refractivity contribution is 5.95. The number of aromatic nitrogens is 1. The summed E-state index contributed by atoms with van der Waals surface area (Å²) >= 11 is 0. The summed E-state index contributed by atoms with van der Waals surface area (Å²) in [6, 6.07) is 10.8. The Morgan fingerprint density at radius 2 is 2.10 bits per heavy atom. The second kappa shape index (κ2) is 6.85. The molecule has 0 aliphatic carbocycles. The predicted molar refractivity (Wildman–Crippen MR) is 81.4 cm³/mol. The largest absolute Gasteiger partial charge is 0.455 e. The van der Waals surface area contributed by atoms with Crippen molar-refractivity contribution in [2.24, 2.45) is 5.73 Å². The number of nitrogens with two attached hydrogens (primary N) is 1. The number of rotatable bonds is 6. The zero-order valence-electron chi connectivity index (χ0n) is 12.2. The highest BCUT2D eigenvalue weighted by Gasteiger charge is 2.10. The van der Waals surface area contributed by atoms with Gasteiger partial charge in [0.1, 0.15) is 11.5 Å². The molecule has 110 valence electrons. The molecule has 2 rings (SSSR count). The zero-order chi connectivity index (χ0) is 15.2. The summed E-state index contributed by atoms with van der Waals surface area (Å²) in [6.45, 7) is 4.98. The summed E-state index contributed by atoms with van der Waals surface area (Å²) in [4.78, 5) is 15.7. The molecule has 0 aliphatic heterocycles. The van der Waals surface area contributed by atoms with Gasteiger partial charge >= 0.3 is 0 Å². The van der Waals surface area contributed by atoms with E-state index in [4.69, 9.17) is 10.5 Å². The number of carbonyl (C=O) groups excluding carboxylic acids is 1. The second-order valence-corrected chi connectivity index (χ2v) is 4.66. The maximum Gasteiger partial charge on any atom is 0.252 e. The van der Waals surface area contributed by atoms with Crippen molar-refractivity contribution in [2.75, 3.05) is 6.54 Å². The molecule has 0 bridgehead atoms. The summed E-state index contributed by atoms with van der Waals surface area (Å²) in [5.41, 5.74) is 6.61. The Kier molecular flexibility index (Phi) is 4.90. The maximum atomic E-state index is 11.3. The van der Waals surface area contributed by atoms with Crippen molar-refractivity contribution < 1.29 is 9.53 Å². The number of primary amides is 1. The van der Waals surface area contributed by atoms with Crippen molar-refractivity contribution >= 4 is 5.91 Å². The Labute approximate surface area is 124 Å². The fraction of sp³-hybridized carbons (Fsp3) is 0.250. The molecule has 1 atom stereocenters. The van der Waals surface area contributed by atoms with Gasteiger partial charge in [0.15, 0.2) is 0 Å². The Morgan fingerprint density at radius 3 is 2.71 bits per heavy atom. The third kappa shape index (κ3) is 3.79. The summed E-state index contributed by atoms with van der Waals surface area (Å²) in [6.07, 6.45) is 1.64. The first kappa shape index (κ1) is 15.0. The lowest BCUT2D eigenvalue weighted by molar-refractivity contribution is 0.0998. The van der Waals surface area contributed by atoms with E-state index in [2.05, 4.69) is 24.1 Å². The Morgan fingerprint density at radius 1 is 1.33 bits per heavy atom. The molecule has 21 heavy (non-hydrogen) atoms. The van der Waals surface area contributed by atoms with Gasteiger partial charge in [0.25, 0.3) is 5.91 Å². The van der Waals surface area contributed by atoms with Crippen molar-refractivity contribution in [3.05, 3.63) is 53.9 Å². The smallest absolute Gasteiger partial charge is 0.252 e. The molecule has 0 spiro atoms. The molecule has 1 amide bonds. The molecule has 3 N–H and O–H groups in total. The molecule has 5 nitrogen and oxygen atoms in total. The Hall–Kier alpha value is -2.40. The van der Waals surface area contributed by atoms with E-state index in [1.807, 2.05) is 12.1 Å². The van der Waals surface area contributed by atoms with Crippen LogP contribution in [0.5, 0.6) is 11.5 Å². The number of hydrogen-bond donors (Lipinski definition) is 2. The molecule has 1 aromatic heterocycles. The van der Waals surface area contributed by atoms with E-state index in [1.165, 1.54) is 0 Å². The van der Waals surface area contributed by atoms with Crippen LogP contribution in [0.2, 0.25) is 0 Å². The van der Waals surface area contributed by atoms with Crippen molar-refractivity contribution in [1.82, 2.24) is 10.3 Å². The molecule has 1 aromatic carbocycles. The average molecular weight is 285 g/mol. The molecule has 0 saturated heterocycles. The van der Waals surface area contributed by atoms with E-state index >= 15 is 0 Å². The lowest BCUT2D eigenvalue weighted by atomic mass is 10.2. The number of nitrogens with one attached hydrogen (secondary N) is 1. The third-order valence-electron chi connectivity index (χ3n) is 3.09. The van der Waals surface area contributed by atoms with Crippen LogP contribution in [0.3, 0.4) is 0 Å². The van der Waals surface area contributed by atoms with Crippen LogP contribution in [0.1, 0.15) is 35.9 Å². The summed E-state index contributed by atoms with van der Waals surface area (Å²) in [7, 11) is 0. The minimum Gasteiger partial charge on any atom is -0.455 e. The Bertz CT molecular complexity index is 611. The van der Waals surface area contributed by atoms with E-state index < -0.39 is 5.91 Å². The molecule has 0 radical (unpaired) electrons. The number of carbonyl (C=O) groups is 1. The van der Waals surface area contributed by atoms with Crippen LogP contribution in [0.15, 0.2) is 42.6 Å². The molecule has 2 aromatic rings. The highest BCUT2D eigenvalue weighted by Crippen LogP contribution is 2.25. The van der Waals surface area contributed by atoms with Gasteiger partial charge in [-0.1, -0.05) is 19.1 Å². The summed E-state index contributed by atoms with van der Waals surface area (Å²) in [5.74, 6) is 0.478. The van der Waals surface area contributed by atoms with Gasteiger partial charge in [0.2, 0.25) is 0 Å². The van der Waals surface area contributed by atoms with Crippen LogP contribution in [-0.4, -0.2) is 17.4 Å². The van der Waals surface area contributed by atoms with E-state index in [0.29, 0.717) is 17.1 Å². The fourth-order valence-corrected chi connectivity index (χ4v) is 2.01. The third-order valence-corrected chi connectivity index (χ3v) is 3.09. The van der Waals surface area contributed by atoms with E-state index in [-0.39, 0.29) is 6.04 Å². The minimum atomic E-state index is -0.518. The topological polar surface area (TPSA) is 77.2 Å². The lowest BCUT2D eigenvalue weighted by Gasteiger charge is -2.13. The summed E-state index contributed by atoms with van der Waals surface area (Å²) in [5, 5.41) is 3.29. The average Bonchev–Trinajstić information content (AvgIpc) is 2.48. The van der Waals surface area contributed by atoms with Gasteiger partial charge in [-0.25, -0.2) is 0 Å². The Balaban J connectivity index is 2.16. The van der Waals surface area contributed by atoms with E-state index in [9.17, 15) is 4.79 Å². The van der Waals surface area contributed by atoms with E-state index in [1.54, 1.807) is 30.5 Å². The molecule has 0 saturated carbocycles. The SMILES string of the molecule is CCNC(C)c1ccc(Oc2ccccc2C(N)=O)cn1. The van der Waals surface area contributed by atoms with Crippen LogP contribution in [0.25, 0.3) is 0 Å². The van der Waals surface area contributed by atoms with Crippen molar-refractivity contribution in [1.29, 1.82) is 0 Å². The van der Waals surface area contributed by atoms with Crippen molar-refractivity contribution in [2.45, 2.75) is 19.9 Å². The number of nitrogens with zero attached hydrogens (tertiary/aromatic N) is 1. The molecule has 1 unspecified atom stereocenters. The van der Waals surface area contributed by atoms with Gasteiger partial charge in [-0.3, -0.25) is 9.78 Å². The standard InChI is InChI=1S/C16H19N3O2/c1-3-18-11(2)14-9-8-12(10-19-14)21-15-7-5-4-6-13(15)16(17)20/h4-11,18H,3H2,1-2H3,(H2,17,20). The number of amides is 1. The van der Waals surface area contributed by atoms with Crippen LogP contribution in [0, 0.1) is 0 Å². The quantitative estimate of drug-likeness (QED) is 0.855. The summed E-state index contributed by atoms with van der Waals surface area (Å²) < 4.78 is 5.68. The van der Waals surface area contributed by atoms with Gasteiger partial charge in [-0.2, -0.15) is 0 Å². The normalized spacial score (nSPS) is 11.9. The first-order valence-corrected chi connectivity index (χ1v) is 6.87. The first-order valence-electron chi connectivity index (χ1n) is 6.87. The highest BCUT2D eigenvalue weighted by atomic mass is 16.5. The number of ether oxygens (including phenoxy) is 1. The molecular weight excluding hydrogens is 266 g/mol.